The molecule has 4 heteroatoms. The highest BCUT2D eigenvalue weighted by Gasteiger charge is 2.05. The molecule has 0 bridgehead atoms. The zero-order valence-electron chi connectivity index (χ0n) is 7.04. The van der Waals surface area contributed by atoms with E-state index in [2.05, 4.69) is 4.98 Å². The molecule has 2 aromatic rings. The summed E-state index contributed by atoms with van der Waals surface area (Å²) in [5, 5.41) is 9.26. The molecule has 1 N–H and O–H groups in total. The molecule has 0 atom stereocenters. The maximum absolute atomic E-state index is 9.26. The summed E-state index contributed by atoms with van der Waals surface area (Å²) < 4.78 is 1.66. The lowest BCUT2D eigenvalue weighted by Gasteiger charge is -1.96. The molecule has 4 nitrogen and oxygen atoms in total. The minimum atomic E-state index is 0.574. The lowest BCUT2D eigenvalue weighted by molar-refractivity contribution is -0.963. The Labute approximate surface area is 75.6 Å². The monoisotopic (exact) mass is 176 g/mol. The lowest BCUT2D eigenvalue weighted by Crippen LogP contribution is -2.39. The quantitative estimate of drug-likeness (QED) is 0.533. The van der Waals surface area contributed by atoms with Crippen LogP contribution in [0.15, 0.2) is 42.9 Å². The molecule has 0 radical (unpaired) electrons. The molecule has 0 aliphatic rings. The highest BCUT2D eigenvalue weighted by molar-refractivity contribution is 5.03. The summed E-state index contributed by atoms with van der Waals surface area (Å²) in [7, 11) is 0. The van der Waals surface area contributed by atoms with E-state index in [-0.39, 0.29) is 0 Å². The fourth-order valence-electron chi connectivity index (χ4n) is 1.15. The second-order valence-corrected chi connectivity index (χ2v) is 2.73. The molecule has 0 spiro atoms. The number of pyridine rings is 1. The Morgan fingerprint density at radius 1 is 1.38 bits per heavy atom. The van der Waals surface area contributed by atoms with Crippen molar-refractivity contribution in [2.75, 3.05) is 0 Å². The first-order valence-electron chi connectivity index (χ1n) is 4.02. The van der Waals surface area contributed by atoms with E-state index in [0.29, 0.717) is 6.54 Å². The summed E-state index contributed by atoms with van der Waals surface area (Å²) in [5.41, 5.74) is 0.918. The van der Waals surface area contributed by atoms with Gasteiger partial charge in [-0.1, -0.05) is 6.07 Å². The van der Waals surface area contributed by atoms with Gasteiger partial charge >= 0.3 is 0 Å². The second kappa shape index (κ2) is 3.26. The van der Waals surface area contributed by atoms with E-state index in [1.54, 1.807) is 29.3 Å². The van der Waals surface area contributed by atoms with Crippen molar-refractivity contribution in [3.8, 4) is 0 Å². The maximum Gasteiger partial charge on any atom is 0.253 e. The van der Waals surface area contributed by atoms with Crippen molar-refractivity contribution in [2.24, 2.45) is 0 Å². The summed E-state index contributed by atoms with van der Waals surface area (Å²) >= 11 is 0. The molecule has 2 aromatic heterocycles. The number of hydrogen-bond donors (Lipinski definition) is 1. The smallest absolute Gasteiger partial charge is 0.253 e. The average molecular weight is 176 g/mol. The summed E-state index contributed by atoms with van der Waals surface area (Å²) in [6.07, 6.45) is 5.10. The molecule has 0 saturated heterocycles. The molecular weight excluding hydrogens is 166 g/mol. The van der Waals surface area contributed by atoms with E-state index in [4.69, 9.17) is 0 Å². The molecule has 0 fully saturated rings. The van der Waals surface area contributed by atoms with Crippen LogP contribution in [-0.2, 0) is 6.54 Å². The molecule has 66 valence electrons. The molecule has 2 rings (SSSR count). The van der Waals surface area contributed by atoms with Gasteiger partial charge in [-0.15, -0.1) is 4.68 Å². The molecule has 0 saturated carbocycles. The Balaban J connectivity index is 2.20. The van der Waals surface area contributed by atoms with Gasteiger partial charge in [-0.2, -0.15) is 0 Å². The molecule has 0 aliphatic carbocycles. The highest BCUT2D eigenvalue weighted by Crippen LogP contribution is 1.95. The van der Waals surface area contributed by atoms with Crippen LogP contribution in [0.4, 0.5) is 0 Å². The Morgan fingerprint density at radius 3 is 2.92 bits per heavy atom. The van der Waals surface area contributed by atoms with Gasteiger partial charge in [-0.3, -0.25) is 10.2 Å². The van der Waals surface area contributed by atoms with Crippen LogP contribution in [0.25, 0.3) is 0 Å². The van der Waals surface area contributed by atoms with Crippen LogP contribution < -0.4 is 4.85 Å². The van der Waals surface area contributed by atoms with Gasteiger partial charge in [0, 0.05) is 12.3 Å². The van der Waals surface area contributed by atoms with Gasteiger partial charge < -0.3 is 0 Å². The van der Waals surface area contributed by atoms with Crippen molar-refractivity contribution in [1.82, 2.24) is 9.67 Å². The van der Waals surface area contributed by atoms with E-state index < -0.39 is 0 Å². The van der Waals surface area contributed by atoms with Gasteiger partial charge in [0.2, 0.25) is 0 Å². The predicted molar refractivity (Wildman–Crippen MR) is 45.2 cm³/mol. The Morgan fingerprint density at radius 2 is 2.31 bits per heavy atom. The van der Waals surface area contributed by atoms with Crippen LogP contribution in [0.2, 0.25) is 0 Å². The van der Waals surface area contributed by atoms with E-state index >= 15 is 0 Å². The third kappa shape index (κ3) is 1.66. The Hall–Kier alpha value is -1.84. The van der Waals surface area contributed by atoms with Crippen LogP contribution in [0.3, 0.4) is 0 Å². The molecule has 0 aromatic carbocycles. The van der Waals surface area contributed by atoms with Crippen molar-refractivity contribution in [3.63, 3.8) is 0 Å². The number of aromatic nitrogens is 3. The summed E-state index contributed by atoms with van der Waals surface area (Å²) in [4.78, 5) is 5.19. The van der Waals surface area contributed by atoms with E-state index in [0.717, 1.165) is 10.5 Å². The van der Waals surface area contributed by atoms with Crippen molar-refractivity contribution in [1.29, 1.82) is 0 Å². The van der Waals surface area contributed by atoms with Crippen LogP contribution in [0.1, 0.15) is 5.69 Å². The topological polar surface area (TPSA) is 41.9 Å². The molecule has 0 unspecified atom stereocenters. The Kier molecular flexibility index (Phi) is 1.96. The second-order valence-electron chi connectivity index (χ2n) is 2.73. The Bertz CT molecular complexity index is 383. The van der Waals surface area contributed by atoms with Gasteiger partial charge in [-0.05, 0) is 12.1 Å². The summed E-state index contributed by atoms with van der Waals surface area (Å²) in [6.45, 7) is 0.574. The van der Waals surface area contributed by atoms with Crippen molar-refractivity contribution < 1.29 is 10.1 Å². The van der Waals surface area contributed by atoms with Crippen LogP contribution in [0.5, 0.6) is 0 Å². The van der Waals surface area contributed by atoms with Crippen molar-refractivity contribution in [2.45, 2.75) is 6.54 Å². The third-order valence-corrected chi connectivity index (χ3v) is 1.79. The number of rotatable bonds is 2. The molecule has 0 amide bonds. The fraction of sp³-hybridized carbons (Fsp3) is 0.111. The van der Waals surface area contributed by atoms with E-state index in [9.17, 15) is 5.21 Å². The van der Waals surface area contributed by atoms with Gasteiger partial charge in [-0.25, -0.2) is 0 Å². The molecule has 13 heavy (non-hydrogen) atoms. The molecular formula is C9H10N3O+. The minimum Gasteiger partial charge on any atom is -0.261 e. The summed E-state index contributed by atoms with van der Waals surface area (Å²) in [5.74, 6) is 0. The zero-order valence-corrected chi connectivity index (χ0v) is 7.04. The largest absolute Gasteiger partial charge is 0.261 e. The van der Waals surface area contributed by atoms with Crippen molar-refractivity contribution in [3.05, 3.63) is 48.5 Å². The van der Waals surface area contributed by atoms with Gasteiger partial charge in [0.15, 0.2) is 0 Å². The van der Waals surface area contributed by atoms with Crippen LogP contribution >= 0.6 is 0 Å². The van der Waals surface area contributed by atoms with E-state index in [1.165, 1.54) is 0 Å². The predicted octanol–water partition coefficient (Wildman–Crippen LogP) is 0.456. The normalized spacial score (nSPS) is 10.2. The SMILES string of the molecule is O[n+]1cccn1Cc1ccccn1. The van der Waals surface area contributed by atoms with Gasteiger partial charge in [0.1, 0.15) is 6.54 Å². The summed E-state index contributed by atoms with van der Waals surface area (Å²) in [6, 6.07) is 7.47. The number of nitrogens with zero attached hydrogens (tertiary/aromatic N) is 3. The van der Waals surface area contributed by atoms with Gasteiger partial charge in [0.05, 0.1) is 16.7 Å². The molecule has 2 heterocycles. The fourth-order valence-corrected chi connectivity index (χ4v) is 1.15. The average Bonchev–Trinajstić information content (AvgIpc) is 2.54. The van der Waals surface area contributed by atoms with Gasteiger partial charge in [0.25, 0.3) is 6.20 Å². The highest BCUT2D eigenvalue weighted by atomic mass is 16.5. The van der Waals surface area contributed by atoms with Crippen LogP contribution in [0, 0.1) is 0 Å². The number of hydrogen-bond acceptors (Lipinski definition) is 2. The first-order valence-corrected chi connectivity index (χ1v) is 4.02. The van der Waals surface area contributed by atoms with Crippen LogP contribution in [-0.4, -0.2) is 14.9 Å². The first kappa shape index (κ1) is 7.79. The first-order chi connectivity index (χ1) is 6.36. The zero-order chi connectivity index (χ0) is 9.10. The minimum absolute atomic E-state index is 0.574. The molecule has 0 aliphatic heterocycles. The maximum atomic E-state index is 9.26. The third-order valence-electron chi connectivity index (χ3n) is 1.79. The lowest BCUT2D eigenvalue weighted by atomic mass is 10.3. The van der Waals surface area contributed by atoms with E-state index in [1.807, 2.05) is 18.2 Å². The standard InChI is InChI=1S/C9H10N3O/c13-12-7-3-6-11(12)8-9-4-1-2-5-10-9/h1-7,13H,8H2/q+1. The van der Waals surface area contributed by atoms with Crippen molar-refractivity contribution >= 4 is 0 Å².